The standard InChI is InChI=1S/C9H17FN2O/c1-8(2,5-11)12-7(13)9(3)4-6(9)10/h6H,4-5,11H2,1-3H3,(H,12,13). The van der Waals surface area contributed by atoms with Crippen LogP contribution in [0.3, 0.4) is 0 Å². The fourth-order valence-corrected chi connectivity index (χ4v) is 1.05. The number of alkyl halides is 1. The summed E-state index contributed by atoms with van der Waals surface area (Å²) >= 11 is 0. The minimum Gasteiger partial charge on any atom is -0.349 e. The Balaban J connectivity index is 2.52. The summed E-state index contributed by atoms with van der Waals surface area (Å²) in [7, 11) is 0. The third-order valence-electron chi connectivity index (χ3n) is 2.62. The second-order valence-corrected chi connectivity index (χ2v) is 4.63. The van der Waals surface area contributed by atoms with Crippen molar-refractivity contribution in [2.45, 2.75) is 38.9 Å². The highest BCUT2D eigenvalue weighted by atomic mass is 19.1. The summed E-state index contributed by atoms with van der Waals surface area (Å²) in [6.07, 6.45) is -0.652. The van der Waals surface area contributed by atoms with Crippen LogP contribution in [-0.2, 0) is 4.79 Å². The molecule has 2 atom stereocenters. The maximum Gasteiger partial charge on any atom is 0.229 e. The molecule has 1 saturated carbocycles. The van der Waals surface area contributed by atoms with Gasteiger partial charge in [0, 0.05) is 12.1 Å². The molecule has 2 unspecified atom stereocenters. The van der Waals surface area contributed by atoms with E-state index >= 15 is 0 Å². The van der Waals surface area contributed by atoms with Gasteiger partial charge in [0.2, 0.25) is 5.91 Å². The van der Waals surface area contributed by atoms with E-state index in [-0.39, 0.29) is 5.91 Å². The normalized spacial score (nSPS) is 32.8. The molecule has 1 fully saturated rings. The maximum absolute atomic E-state index is 12.8. The molecule has 0 aromatic rings. The summed E-state index contributed by atoms with van der Waals surface area (Å²) in [6, 6.07) is 0. The van der Waals surface area contributed by atoms with Crippen LogP contribution in [-0.4, -0.2) is 24.2 Å². The first kappa shape index (κ1) is 10.4. The van der Waals surface area contributed by atoms with E-state index in [0.717, 1.165) is 0 Å². The molecule has 1 aliphatic rings. The van der Waals surface area contributed by atoms with Gasteiger partial charge in [0.1, 0.15) is 6.17 Å². The molecule has 4 heteroatoms. The highest BCUT2D eigenvalue weighted by Crippen LogP contribution is 2.48. The van der Waals surface area contributed by atoms with Gasteiger partial charge in [-0.05, 0) is 27.2 Å². The molecule has 0 spiro atoms. The summed E-state index contributed by atoms with van der Waals surface area (Å²) in [5.41, 5.74) is 4.20. The molecule has 0 bridgehead atoms. The van der Waals surface area contributed by atoms with Gasteiger partial charge in [-0.3, -0.25) is 4.79 Å². The molecule has 0 aliphatic heterocycles. The van der Waals surface area contributed by atoms with Crippen molar-refractivity contribution in [3.05, 3.63) is 0 Å². The number of carbonyl (C=O) groups is 1. The first-order valence-corrected chi connectivity index (χ1v) is 4.48. The van der Waals surface area contributed by atoms with Gasteiger partial charge < -0.3 is 11.1 Å². The lowest BCUT2D eigenvalue weighted by Gasteiger charge is -2.26. The van der Waals surface area contributed by atoms with E-state index < -0.39 is 17.1 Å². The number of carbonyl (C=O) groups excluding carboxylic acids is 1. The summed E-state index contributed by atoms with van der Waals surface area (Å²) in [5, 5.41) is 2.73. The predicted octanol–water partition coefficient (Wildman–Crippen LogP) is 0.588. The Morgan fingerprint density at radius 1 is 1.77 bits per heavy atom. The summed E-state index contributed by atoms with van der Waals surface area (Å²) in [4.78, 5) is 11.5. The van der Waals surface area contributed by atoms with E-state index in [1.165, 1.54) is 0 Å². The van der Waals surface area contributed by atoms with E-state index in [4.69, 9.17) is 5.73 Å². The lowest BCUT2D eigenvalue weighted by Crippen LogP contribution is -2.51. The minimum atomic E-state index is -0.985. The van der Waals surface area contributed by atoms with E-state index in [2.05, 4.69) is 5.32 Å². The average molecular weight is 188 g/mol. The van der Waals surface area contributed by atoms with Crippen molar-refractivity contribution in [1.29, 1.82) is 0 Å². The topological polar surface area (TPSA) is 55.1 Å². The van der Waals surface area contributed by atoms with Gasteiger partial charge in [-0.25, -0.2) is 4.39 Å². The average Bonchev–Trinajstić information content (AvgIpc) is 2.61. The second-order valence-electron chi connectivity index (χ2n) is 4.63. The summed E-state index contributed by atoms with van der Waals surface area (Å²) < 4.78 is 12.8. The molecule has 0 aromatic heterocycles. The molecule has 3 N–H and O–H groups in total. The zero-order chi connectivity index (χ0) is 10.3. The zero-order valence-corrected chi connectivity index (χ0v) is 8.36. The first-order chi connectivity index (χ1) is 5.82. The van der Waals surface area contributed by atoms with E-state index in [9.17, 15) is 9.18 Å². The lowest BCUT2D eigenvalue weighted by molar-refractivity contribution is -0.127. The quantitative estimate of drug-likeness (QED) is 0.681. The van der Waals surface area contributed by atoms with E-state index in [1.807, 2.05) is 13.8 Å². The van der Waals surface area contributed by atoms with Gasteiger partial charge in [0.25, 0.3) is 0 Å². The lowest BCUT2D eigenvalue weighted by atomic mass is 10.0. The van der Waals surface area contributed by atoms with Crippen molar-refractivity contribution < 1.29 is 9.18 Å². The first-order valence-electron chi connectivity index (χ1n) is 4.48. The van der Waals surface area contributed by atoms with Crippen LogP contribution >= 0.6 is 0 Å². The van der Waals surface area contributed by atoms with Gasteiger partial charge >= 0.3 is 0 Å². The number of nitrogens with one attached hydrogen (secondary N) is 1. The second kappa shape index (κ2) is 2.94. The van der Waals surface area contributed by atoms with Gasteiger partial charge in [0.05, 0.1) is 5.41 Å². The third-order valence-corrected chi connectivity index (χ3v) is 2.62. The molecule has 13 heavy (non-hydrogen) atoms. The molecule has 1 aliphatic carbocycles. The molecule has 0 saturated heterocycles. The largest absolute Gasteiger partial charge is 0.349 e. The number of amides is 1. The summed E-state index contributed by atoms with van der Waals surface area (Å²) in [6.45, 7) is 5.64. The van der Waals surface area contributed by atoms with Gasteiger partial charge in [-0.2, -0.15) is 0 Å². The number of halogens is 1. The molecule has 76 valence electrons. The minimum absolute atomic E-state index is 0.226. The smallest absolute Gasteiger partial charge is 0.229 e. The number of hydrogen-bond donors (Lipinski definition) is 2. The van der Waals surface area contributed by atoms with Crippen molar-refractivity contribution in [2.24, 2.45) is 11.1 Å². The molecule has 0 aromatic carbocycles. The van der Waals surface area contributed by atoms with Crippen LogP contribution in [0.15, 0.2) is 0 Å². The molecular weight excluding hydrogens is 171 g/mol. The Bertz CT molecular complexity index is 230. The van der Waals surface area contributed by atoms with Crippen LogP contribution in [0.1, 0.15) is 27.2 Å². The van der Waals surface area contributed by atoms with Crippen LogP contribution < -0.4 is 11.1 Å². The Kier molecular flexibility index (Phi) is 2.36. The van der Waals surface area contributed by atoms with Crippen molar-refractivity contribution in [1.82, 2.24) is 5.32 Å². The van der Waals surface area contributed by atoms with Crippen molar-refractivity contribution >= 4 is 5.91 Å². The maximum atomic E-state index is 12.8. The van der Waals surface area contributed by atoms with Crippen molar-refractivity contribution in [3.63, 3.8) is 0 Å². The monoisotopic (exact) mass is 188 g/mol. The fourth-order valence-electron chi connectivity index (χ4n) is 1.05. The third kappa shape index (κ3) is 1.99. The van der Waals surface area contributed by atoms with Crippen LogP contribution in [0.5, 0.6) is 0 Å². The number of nitrogens with two attached hydrogens (primary N) is 1. The van der Waals surface area contributed by atoms with Gasteiger partial charge in [0.15, 0.2) is 0 Å². The Hall–Kier alpha value is -0.640. The zero-order valence-electron chi connectivity index (χ0n) is 8.36. The molecule has 1 rings (SSSR count). The molecule has 0 radical (unpaired) electrons. The molecule has 3 nitrogen and oxygen atoms in total. The molecule has 0 heterocycles. The highest BCUT2D eigenvalue weighted by molar-refractivity contribution is 5.86. The predicted molar refractivity (Wildman–Crippen MR) is 48.9 cm³/mol. The van der Waals surface area contributed by atoms with Crippen LogP contribution in [0.4, 0.5) is 4.39 Å². The van der Waals surface area contributed by atoms with Crippen LogP contribution in [0.25, 0.3) is 0 Å². The van der Waals surface area contributed by atoms with Crippen LogP contribution in [0, 0.1) is 5.41 Å². The van der Waals surface area contributed by atoms with Gasteiger partial charge in [-0.15, -0.1) is 0 Å². The Labute approximate surface area is 77.9 Å². The molecular formula is C9H17FN2O. The van der Waals surface area contributed by atoms with Crippen LogP contribution in [0.2, 0.25) is 0 Å². The number of hydrogen-bond acceptors (Lipinski definition) is 2. The van der Waals surface area contributed by atoms with E-state index in [1.54, 1.807) is 6.92 Å². The Morgan fingerprint density at radius 2 is 2.23 bits per heavy atom. The van der Waals surface area contributed by atoms with Crippen molar-refractivity contribution in [2.75, 3.05) is 6.54 Å². The van der Waals surface area contributed by atoms with Crippen molar-refractivity contribution in [3.8, 4) is 0 Å². The number of rotatable bonds is 3. The summed E-state index contributed by atoms with van der Waals surface area (Å²) in [5.74, 6) is -0.226. The SMILES string of the molecule is CC(C)(CN)NC(=O)C1(C)CC1F. The highest BCUT2D eigenvalue weighted by Gasteiger charge is 2.57. The molecule has 1 amide bonds. The van der Waals surface area contributed by atoms with Gasteiger partial charge in [-0.1, -0.05) is 0 Å². The van der Waals surface area contributed by atoms with E-state index in [0.29, 0.717) is 13.0 Å². The Morgan fingerprint density at radius 3 is 2.54 bits per heavy atom. The fraction of sp³-hybridized carbons (Fsp3) is 0.889.